The molecular weight excluding hydrogens is 260 g/mol. The first-order valence-electron chi connectivity index (χ1n) is 5.92. The van der Waals surface area contributed by atoms with Crippen LogP contribution in [0, 0.1) is 6.92 Å². The van der Waals surface area contributed by atoms with Gasteiger partial charge in [0, 0.05) is 0 Å². The molecule has 19 heavy (non-hydrogen) atoms. The standard InChI is InChI=1S/C15H11ClN2O/c1-10-17-13-9-5-8-12(16)14(13)15(19)18(10)11-6-3-2-4-7-11/h2-9H,1H3. The van der Waals surface area contributed by atoms with Crippen molar-refractivity contribution in [3.8, 4) is 5.69 Å². The summed E-state index contributed by atoms with van der Waals surface area (Å²) in [5, 5.41) is 0.887. The van der Waals surface area contributed by atoms with Crippen molar-refractivity contribution in [1.82, 2.24) is 9.55 Å². The summed E-state index contributed by atoms with van der Waals surface area (Å²) in [6.45, 7) is 1.81. The second-order valence-electron chi connectivity index (χ2n) is 4.27. The molecule has 0 atom stereocenters. The Balaban J connectivity index is 2.45. The first kappa shape index (κ1) is 11.9. The van der Waals surface area contributed by atoms with Crippen LogP contribution >= 0.6 is 11.6 Å². The zero-order valence-electron chi connectivity index (χ0n) is 10.3. The van der Waals surface area contributed by atoms with Crippen molar-refractivity contribution in [2.75, 3.05) is 0 Å². The maximum absolute atomic E-state index is 12.6. The molecule has 0 aliphatic carbocycles. The van der Waals surface area contributed by atoms with Crippen LogP contribution in [0.2, 0.25) is 5.02 Å². The average Bonchev–Trinajstić information content (AvgIpc) is 2.39. The summed E-state index contributed by atoms with van der Waals surface area (Å²) in [6, 6.07) is 14.7. The van der Waals surface area contributed by atoms with Crippen LogP contribution in [0.3, 0.4) is 0 Å². The third-order valence-electron chi connectivity index (χ3n) is 3.03. The van der Waals surface area contributed by atoms with Crippen LogP contribution in [0.4, 0.5) is 0 Å². The number of fused-ring (bicyclic) bond motifs is 1. The normalized spacial score (nSPS) is 10.8. The Labute approximate surface area is 115 Å². The van der Waals surface area contributed by atoms with Crippen LogP contribution in [0.25, 0.3) is 16.6 Å². The minimum atomic E-state index is -0.140. The molecule has 0 saturated heterocycles. The zero-order valence-corrected chi connectivity index (χ0v) is 11.1. The number of halogens is 1. The molecule has 4 heteroatoms. The topological polar surface area (TPSA) is 34.9 Å². The van der Waals surface area contributed by atoms with Crippen molar-refractivity contribution in [2.24, 2.45) is 0 Å². The van der Waals surface area contributed by atoms with E-state index in [1.165, 1.54) is 0 Å². The van der Waals surface area contributed by atoms with Gasteiger partial charge in [-0.25, -0.2) is 4.98 Å². The Morgan fingerprint density at radius 3 is 2.53 bits per heavy atom. The Morgan fingerprint density at radius 2 is 1.79 bits per heavy atom. The Kier molecular flexibility index (Phi) is 2.84. The lowest BCUT2D eigenvalue weighted by atomic mass is 10.2. The molecule has 1 aromatic heterocycles. The van der Waals surface area contributed by atoms with Gasteiger partial charge in [0.15, 0.2) is 0 Å². The molecule has 3 nitrogen and oxygen atoms in total. The van der Waals surface area contributed by atoms with Gasteiger partial charge in [-0.2, -0.15) is 0 Å². The number of benzene rings is 2. The zero-order chi connectivity index (χ0) is 13.4. The van der Waals surface area contributed by atoms with Crippen LogP contribution in [0.15, 0.2) is 53.3 Å². The Bertz CT molecular complexity index is 809. The highest BCUT2D eigenvalue weighted by Crippen LogP contribution is 2.19. The number of aryl methyl sites for hydroxylation is 1. The van der Waals surface area contributed by atoms with Crippen LogP contribution in [0.1, 0.15) is 5.82 Å². The van der Waals surface area contributed by atoms with E-state index in [4.69, 9.17) is 11.6 Å². The van der Waals surface area contributed by atoms with Crippen LogP contribution < -0.4 is 5.56 Å². The lowest BCUT2D eigenvalue weighted by molar-refractivity contribution is 0.895. The molecule has 0 amide bonds. The molecule has 0 aliphatic rings. The summed E-state index contributed by atoms with van der Waals surface area (Å²) >= 11 is 6.12. The molecule has 0 N–H and O–H groups in total. The molecule has 94 valence electrons. The van der Waals surface area contributed by atoms with Gasteiger partial charge in [0.25, 0.3) is 5.56 Å². The first-order chi connectivity index (χ1) is 9.18. The van der Waals surface area contributed by atoms with Gasteiger partial charge in [-0.15, -0.1) is 0 Å². The maximum Gasteiger partial charge on any atom is 0.267 e. The van der Waals surface area contributed by atoms with Gasteiger partial charge in [0.05, 0.1) is 21.6 Å². The minimum Gasteiger partial charge on any atom is -0.268 e. The van der Waals surface area contributed by atoms with E-state index in [-0.39, 0.29) is 5.56 Å². The van der Waals surface area contributed by atoms with Gasteiger partial charge >= 0.3 is 0 Å². The fraction of sp³-hybridized carbons (Fsp3) is 0.0667. The third-order valence-corrected chi connectivity index (χ3v) is 3.34. The second-order valence-corrected chi connectivity index (χ2v) is 4.68. The highest BCUT2D eigenvalue weighted by Gasteiger charge is 2.11. The smallest absolute Gasteiger partial charge is 0.267 e. The summed E-state index contributed by atoms with van der Waals surface area (Å²) in [5.41, 5.74) is 1.28. The van der Waals surface area contributed by atoms with Gasteiger partial charge in [0.1, 0.15) is 5.82 Å². The second kappa shape index (κ2) is 4.52. The number of aromatic nitrogens is 2. The van der Waals surface area contributed by atoms with Crippen molar-refractivity contribution in [3.05, 3.63) is 69.7 Å². The fourth-order valence-corrected chi connectivity index (χ4v) is 2.43. The van der Waals surface area contributed by atoms with Gasteiger partial charge < -0.3 is 0 Å². The van der Waals surface area contributed by atoms with E-state index in [9.17, 15) is 4.79 Å². The minimum absolute atomic E-state index is 0.140. The molecule has 0 saturated carbocycles. The molecular formula is C15H11ClN2O. The van der Waals surface area contributed by atoms with Gasteiger partial charge in [0.2, 0.25) is 0 Å². The molecule has 0 bridgehead atoms. The predicted octanol–water partition coefficient (Wildman–Crippen LogP) is 3.35. The highest BCUT2D eigenvalue weighted by molar-refractivity contribution is 6.35. The van der Waals surface area contributed by atoms with E-state index < -0.39 is 0 Å². The van der Waals surface area contributed by atoms with E-state index in [1.807, 2.05) is 37.3 Å². The van der Waals surface area contributed by atoms with Crippen molar-refractivity contribution >= 4 is 22.5 Å². The molecule has 0 radical (unpaired) electrons. The van der Waals surface area contributed by atoms with Crippen LogP contribution in [-0.4, -0.2) is 9.55 Å². The summed E-state index contributed by atoms with van der Waals surface area (Å²) in [4.78, 5) is 17.1. The monoisotopic (exact) mass is 270 g/mol. The van der Waals surface area contributed by atoms with Gasteiger partial charge in [-0.1, -0.05) is 35.9 Å². The number of hydrogen-bond donors (Lipinski definition) is 0. The molecule has 0 fully saturated rings. The fourth-order valence-electron chi connectivity index (χ4n) is 2.18. The van der Waals surface area contributed by atoms with E-state index >= 15 is 0 Å². The van der Waals surface area contributed by atoms with Crippen LogP contribution in [0.5, 0.6) is 0 Å². The lowest BCUT2D eigenvalue weighted by Crippen LogP contribution is -2.22. The molecule has 0 aliphatic heterocycles. The van der Waals surface area contributed by atoms with E-state index in [0.29, 0.717) is 21.7 Å². The summed E-state index contributed by atoms with van der Waals surface area (Å²) in [5.74, 6) is 0.644. The molecule has 0 spiro atoms. The quantitative estimate of drug-likeness (QED) is 0.680. The van der Waals surface area contributed by atoms with Crippen molar-refractivity contribution < 1.29 is 0 Å². The van der Waals surface area contributed by atoms with E-state index in [1.54, 1.807) is 22.8 Å². The van der Waals surface area contributed by atoms with E-state index in [0.717, 1.165) is 5.69 Å². The largest absolute Gasteiger partial charge is 0.268 e. The SMILES string of the molecule is Cc1nc2cccc(Cl)c2c(=O)n1-c1ccccc1. The third kappa shape index (κ3) is 1.92. The van der Waals surface area contributed by atoms with Crippen molar-refractivity contribution in [2.45, 2.75) is 6.92 Å². The molecule has 0 unspecified atom stereocenters. The number of hydrogen-bond acceptors (Lipinski definition) is 2. The summed E-state index contributed by atoms with van der Waals surface area (Å²) in [7, 11) is 0. The lowest BCUT2D eigenvalue weighted by Gasteiger charge is -2.11. The highest BCUT2D eigenvalue weighted by atomic mass is 35.5. The van der Waals surface area contributed by atoms with E-state index in [2.05, 4.69) is 4.98 Å². The first-order valence-corrected chi connectivity index (χ1v) is 6.29. The van der Waals surface area contributed by atoms with Crippen LogP contribution in [-0.2, 0) is 0 Å². The Morgan fingerprint density at radius 1 is 1.05 bits per heavy atom. The number of para-hydroxylation sites is 1. The molecule has 2 aromatic carbocycles. The van der Waals surface area contributed by atoms with Gasteiger partial charge in [-0.05, 0) is 31.2 Å². The molecule has 3 aromatic rings. The van der Waals surface area contributed by atoms with Crippen molar-refractivity contribution in [1.29, 1.82) is 0 Å². The molecule has 3 rings (SSSR count). The number of nitrogens with zero attached hydrogens (tertiary/aromatic N) is 2. The number of rotatable bonds is 1. The summed E-state index contributed by atoms with van der Waals surface area (Å²) in [6.07, 6.45) is 0. The average molecular weight is 271 g/mol. The van der Waals surface area contributed by atoms with Gasteiger partial charge in [-0.3, -0.25) is 9.36 Å². The predicted molar refractivity (Wildman–Crippen MR) is 77.1 cm³/mol. The maximum atomic E-state index is 12.6. The Hall–Kier alpha value is -2.13. The summed E-state index contributed by atoms with van der Waals surface area (Å²) < 4.78 is 1.58. The van der Waals surface area contributed by atoms with Crippen molar-refractivity contribution in [3.63, 3.8) is 0 Å². The molecule has 1 heterocycles.